The number of hydrogen-bond donors (Lipinski definition) is 2. The fourth-order valence-electron chi connectivity index (χ4n) is 2.85. The molecule has 1 fully saturated rings. The molecule has 0 spiro atoms. The molecule has 0 radical (unpaired) electrons. The van der Waals surface area contributed by atoms with E-state index in [0.29, 0.717) is 12.3 Å². The summed E-state index contributed by atoms with van der Waals surface area (Å²) in [5, 5.41) is 3.00. The van der Waals surface area contributed by atoms with Crippen molar-refractivity contribution >= 4 is 5.91 Å². The number of nitrogens with two attached hydrogens (primary N) is 1. The molecule has 1 aliphatic rings. The van der Waals surface area contributed by atoms with E-state index in [0.717, 1.165) is 18.0 Å². The van der Waals surface area contributed by atoms with E-state index in [-0.39, 0.29) is 5.91 Å². The zero-order chi connectivity index (χ0) is 13.7. The Bertz CT molecular complexity index is 404. The molecule has 3 atom stereocenters. The highest BCUT2D eigenvalue weighted by Crippen LogP contribution is 2.29. The fraction of sp³-hybridized carbons (Fsp3) is 0.562. The van der Waals surface area contributed by atoms with Gasteiger partial charge in [0.25, 0.3) is 0 Å². The normalized spacial score (nSPS) is 24.1. The monoisotopic (exact) mass is 260 g/mol. The highest BCUT2D eigenvalue weighted by Gasteiger charge is 2.22. The van der Waals surface area contributed by atoms with Gasteiger partial charge in [-0.05, 0) is 36.7 Å². The predicted octanol–water partition coefficient (Wildman–Crippen LogP) is 2.11. The van der Waals surface area contributed by atoms with Crippen LogP contribution in [0.25, 0.3) is 0 Å². The van der Waals surface area contributed by atoms with Gasteiger partial charge in [-0.1, -0.05) is 43.7 Å². The van der Waals surface area contributed by atoms with E-state index in [9.17, 15) is 4.79 Å². The van der Waals surface area contributed by atoms with Gasteiger partial charge in [-0.2, -0.15) is 0 Å². The number of benzene rings is 1. The first-order valence-electron chi connectivity index (χ1n) is 7.22. The third kappa shape index (κ3) is 4.35. The lowest BCUT2D eigenvalue weighted by atomic mass is 10.0. The lowest BCUT2D eigenvalue weighted by Crippen LogP contribution is -2.43. The van der Waals surface area contributed by atoms with Crippen molar-refractivity contribution in [1.82, 2.24) is 5.32 Å². The molecule has 104 valence electrons. The molecular weight excluding hydrogens is 236 g/mol. The molecule has 3 N–H and O–H groups in total. The van der Waals surface area contributed by atoms with Crippen molar-refractivity contribution in [3.8, 4) is 0 Å². The van der Waals surface area contributed by atoms with Gasteiger partial charge in [-0.25, -0.2) is 0 Å². The average molecular weight is 260 g/mol. The smallest absolute Gasteiger partial charge is 0.237 e. The number of hydrogen-bond acceptors (Lipinski definition) is 2. The lowest BCUT2D eigenvalue weighted by Gasteiger charge is -2.15. The Morgan fingerprint density at radius 1 is 1.37 bits per heavy atom. The van der Waals surface area contributed by atoms with Crippen LogP contribution in [0.15, 0.2) is 30.3 Å². The molecule has 0 aromatic heterocycles. The Labute approximate surface area is 115 Å². The molecule has 1 aromatic rings. The Kier molecular flexibility index (Phi) is 4.97. The van der Waals surface area contributed by atoms with Gasteiger partial charge in [0.15, 0.2) is 0 Å². The van der Waals surface area contributed by atoms with Crippen molar-refractivity contribution in [2.24, 2.45) is 17.6 Å². The number of carbonyl (C=O) groups excluding carboxylic acids is 1. The van der Waals surface area contributed by atoms with Gasteiger partial charge in [-0.15, -0.1) is 0 Å². The number of carbonyl (C=O) groups is 1. The van der Waals surface area contributed by atoms with Gasteiger partial charge in [0, 0.05) is 6.54 Å². The van der Waals surface area contributed by atoms with E-state index in [4.69, 9.17) is 5.73 Å². The number of amides is 1. The van der Waals surface area contributed by atoms with Crippen LogP contribution in [0, 0.1) is 11.8 Å². The summed E-state index contributed by atoms with van der Waals surface area (Å²) in [5.74, 6) is 1.42. The molecule has 3 heteroatoms. The Morgan fingerprint density at radius 3 is 2.74 bits per heavy atom. The molecule has 1 amide bonds. The van der Waals surface area contributed by atoms with E-state index in [1.54, 1.807) is 0 Å². The van der Waals surface area contributed by atoms with E-state index >= 15 is 0 Å². The molecule has 2 rings (SSSR count). The van der Waals surface area contributed by atoms with Crippen LogP contribution >= 0.6 is 0 Å². The molecule has 3 nitrogen and oxygen atoms in total. The molecule has 0 saturated heterocycles. The minimum absolute atomic E-state index is 0.0246. The molecule has 0 heterocycles. The molecule has 0 bridgehead atoms. The topological polar surface area (TPSA) is 55.1 Å². The summed E-state index contributed by atoms with van der Waals surface area (Å²) in [5.41, 5.74) is 7.06. The summed E-state index contributed by atoms with van der Waals surface area (Å²) in [4.78, 5) is 11.9. The van der Waals surface area contributed by atoms with Crippen LogP contribution in [-0.4, -0.2) is 18.5 Å². The van der Waals surface area contributed by atoms with Gasteiger partial charge < -0.3 is 11.1 Å². The summed E-state index contributed by atoms with van der Waals surface area (Å²) >= 11 is 0. The number of nitrogens with one attached hydrogen (secondary N) is 1. The van der Waals surface area contributed by atoms with Gasteiger partial charge in [0.1, 0.15) is 0 Å². The summed E-state index contributed by atoms with van der Waals surface area (Å²) < 4.78 is 0. The van der Waals surface area contributed by atoms with Gasteiger partial charge in [-0.3, -0.25) is 4.79 Å². The quantitative estimate of drug-likeness (QED) is 0.852. The lowest BCUT2D eigenvalue weighted by molar-refractivity contribution is -0.122. The Hall–Kier alpha value is -1.35. The first kappa shape index (κ1) is 14.1. The predicted molar refractivity (Wildman–Crippen MR) is 77.6 cm³/mol. The third-order valence-electron chi connectivity index (χ3n) is 4.00. The maximum absolute atomic E-state index is 11.9. The molecule has 1 aromatic carbocycles. The van der Waals surface area contributed by atoms with Crippen molar-refractivity contribution in [2.45, 2.75) is 38.6 Å². The van der Waals surface area contributed by atoms with Crippen molar-refractivity contribution in [3.63, 3.8) is 0 Å². The van der Waals surface area contributed by atoms with E-state index < -0.39 is 6.04 Å². The first-order valence-corrected chi connectivity index (χ1v) is 7.22. The zero-order valence-electron chi connectivity index (χ0n) is 11.6. The zero-order valence-corrected chi connectivity index (χ0v) is 11.6. The van der Waals surface area contributed by atoms with Gasteiger partial charge in [0.05, 0.1) is 6.04 Å². The highest BCUT2D eigenvalue weighted by molar-refractivity contribution is 5.81. The van der Waals surface area contributed by atoms with Crippen LogP contribution in [0.3, 0.4) is 0 Å². The minimum atomic E-state index is -0.443. The average Bonchev–Trinajstić information content (AvgIpc) is 2.83. The van der Waals surface area contributed by atoms with Crippen LogP contribution in [0.2, 0.25) is 0 Å². The van der Waals surface area contributed by atoms with E-state index in [1.807, 2.05) is 30.3 Å². The van der Waals surface area contributed by atoms with Crippen molar-refractivity contribution < 1.29 is 4.79 Å². The van der Waals surface area contributed by atoms with Crippen LogP contribution in [0.4, 0.5) is 0 Å². The first-order chi connectivity index (χ1) is 9.15. The second kappa shape index (κ2) is 6.71. The number of rotatable bonds is 5. The summed E-state index contributed by atoms with van der Waals surface area (Å²) in [6.07, 6.45) is 4.36. The molecule has 19 heavy (non-hydrogen) atoms. The van der Waals surface area contributed by atoms with E-state index in [1.165, 1.54) is 19.3 Å². The van der Waals surface area contributed by atoms with Crippen LogP contribution < -0.4 is 11.1 Å². The van der Waals surface area contributed by atoms with Crippen LogP contribution in [0.1, 0.15) is 31.7 Å². The third-order valence-corrected chi connectivity index (χ3v) is 4.00. The maximum atomic E-state index is 11.9. The fourth-order valence-corrected chi connectivity index (χ4v) is 2.85. The highest BCUT2D eigenvalue weighted by atomic mass is 16.2. The minimum Gasteiger partial charge on any atom is -0.354 e. The molecule has 1 saturated carbocycles. The Balaban J connectivity index is 1.73. The largest absolute Gasteiger partial charge is 0.354 e. The SMILES string of the molecule is CC1CCC(CNC(=O)C(N)Cc2ccccc2)C1. The van der Waals surface area contributed by atoms with Crippen molar-refractivity contribution in [1.29, 1.82) is 0 Å². The Morgan fingerprint density at radius 2 is 2.11 bits per heavy atom. The summed E-state index contributed by atoms with van der Waals surface area (Å²) in [6.45, 7) is 3.06. The van der Waals surface area contributed by atoms with Gasteiger partial charge in [0.2, 0.25) is 5.91 Å². The van der Waals surface area contributed by atoms with Crippen molar-refractivity contribution in [3.05, 3.63) is 35.9 Å². The molecule has 1 aliphatic carbocycles. The van der Waals surface area contributed by atoms with E-state index in [2.05, 4.69) is 12.2 Å². The molecule has 3 unspecified atom stereocenters. The summed E-state index contributed by atoms with van der Waals surface area (Å²) in [7, 11) is 0. The standard InChI is InChI=1S/C16H24N2O/c1-12-7-8-14(9-12)11-18-16(19)15(17)10-13-5-3-2-4-6-13/h2-6,12,14-15H,7-11,17H2,1H3,(H,18,19). The van der Waals surface area contributed by atoms with Crippen LogP contribution in [0.5, 0.6) is 0 Å². The maximum Gasteiger partial charge on any atom is 0.237 e. The second-order valence-corrected chi connectivity index (χ2v) is 5.83. The van der Waals surface area contributed by atoms with Crippen molar-refractivity contribution in [2.75, 3.05) is 6.54 Å². The molecular formula is C16H24N2O. The summed E-state index contributed by atoms with van der Waals surface area (Å²) in [6, 6.07) is 9.48. The molecule has 0 aliphatic heterocycles. The van der Waals surface area contributed by atoms with Crippen LogP contribution in [-0.2, 0) is 11.2 Å². The second-order valence-electron chi connectivity index (χ2n) is 5.83. The van der Waals surface area contributed by atoms with Gasteiger partial charge >= 0.3 is 0 Å².